The molecule has 1 aromatic heterocycles. The van der Waals surface area contributed by atoms with Crippen LogP contribution in [0.4, 0.5) is 15.8 Å². The number of nitrogens with zero attached hydrogens (tertiary/aromatic N) is 2. The molecule has 0 saturated heterocycles. The van der Waals surface area contributed by atoms with Crippen LogP contribution in [0.2, 0.25) is 0 Å². The number of nitrogen functional groups attached to an aromatic ring is 1. The zero-order valence-corrected chi connectivity index (χ0v) is 21.1. The van der Waals surface area contributed by atoms with Crippen LogP contribution >= 0.6 is 0 Å². The summed E-state index contributed by atoms with van der Waals surface area (Å²) in [5.41, 5.74) is 15.1. The summed E-state index contributed by atoms with van der Waals surface area (Å²) in [6, 6.07) is 22.5. The van der Waals surface area contributed by atoms with Crippen molar-refractivity contribution in [2.24, 2.45) is 10.7 Å². The molecule has 4 aromatic rings. The highest BCUT2D eigenvalue weighted by Gasteiger charge is 2.16. The second-order valence-electron chi connectivity index (χ2n) is 8.40. The maximum atomic E-state index is 14.3. The molecule has 0 amide bonds. The molecule has 36 heavy (non-hydrogen) atoms. The molecule has 3 aromatic carbocycles. The van der Waals surface area contributed by atoms with E-state index in [1.165, 1.54) is 23.3 Å². The van der Waals surface area contributed by atoms with Gasteiger partial charge in [-0.3, -0.25) is 4.79 Å². The first-order valence-corrected chi connectivity index (χ1v) is 12.2. The summed E-state index contributed by atoms with van der Waals surface area (Å²) in [5.74, 6) is -0.585. The fourth-order valence-electron chi connectivity index (χ4n) is 4.05. The molecule has 0 unspecified atom stereocenters. The van der Waals surface area contributed by atoms with E-state index in [4.69, 9.17) is 11.5 Å². The molecule has 7 heteroatoms. The first-order chi connectivity index (χ1) is 17.4. The molecule has 0 saturated carbocycles. The molecule has 0 aliphatic rings. The fraction of sp³-hybridized carbons (Fsp3) is 0.241. The maximum Gasteiger partial charge on any atom is 0.261 e. The first-order valence-electron chi connectivity index (χ1n) is 12.2. The summed E-state index contributed by atoms with van der Waals surface area (Å²) in [6.07, 6.45) is 1.97. The van der Waals surface area contributed by atoms with E-state index in [1.54, 1.807) is 6.07 Å². The van der Waals surface area contributed by atoms with Crippen molar-refractivity contribution in [3.8, 4) is 0 Å². The molecule has 0 bridgehead atoms. The molecule has 4 rings (SSSR count). The van der Waals surface area contributed by atoms with Crippen LogP contribution < -0.4 is 17.0 Å². The van der Waals surface area contributed by atoms with Crippen LogP contribution in [0.1, 0.15) is 37.0 Å². The van der Waals surface area contributed by atoms with E-state index in [1.807, 2.05) is 44.2 Å². The third kappa shape index (κ3) is 6.58. The summed E-state index contributed by atoms with van der Waals surface area (Å²) >= 11 is 0. The Morgan fingerprint density at radius 2 is 1.67 bits per heavy atom. The zero-order valence-electron chi connectivity index (χ0n) is 21.1. The molecular formula is C29H34FN5O. The maximum absolute atomic E-state index is 14.3. The molecule has 188 valence electrons. The zero-order chi connectivity index (χ0) is 26.1. The average Bonchev–Trinajstić information content (AvgIpc) is 2.87. The summed E-state index contributed by atoms with van der Waals surface area (Å²) in [7, 11) is 2.12. The Morgan fingerprint density at radius 1 is 0.972 bits per heavy atom. The minimum Gasteiger partial charge on any atom is -0.397 e. The summed E-state index contributed by atoms with van der Waals surface area (Å²) in [5, 5.41) is 0.128. The number of hydrogen-bond acceptors (Lipinski definition) is 4. The van der Waals surface area contributed by atoms with Crippen molar-refractivity contribution in [3.05, 3.63) is 106 Å². The third-order valence-corrected chi connectivity index (χ3v) is 5.77. The Labute approximate surface area is 211 Å². The van der Waals surface area contributed by atoms with Gasteiger partial charge in [-0.05, 0) is 61.8 Å². The SMILES string of the molecule is CC.CN(CCCc1ccc(N=C(N)c2c(N)c3c(F)cccc3[nH]c2=O)cc1)Cc1ccccc1. The number of aliphatic imine (C=N–C) groups is 1. The number of rotatable bonds is 8. The smallest absolute Gasteiger partial charge is 0.261 e. The predicted octanol–water partition coefficient (Wildman–Crippen LogP) is 5.38. The molecule has 6 nitrogen and oxygen atoms in total. The minimum atomic E-state index is -0.529. The third-order valence-electron chi connectivity index (χ3n) is 5.77. The molecule has 0 aliphatic carbocycles. The lowest BCUT2D eigenvalue weighted by molar-refractivity contribution is 0.322. The Kier molecular flexibility index (Phi) is 9.36. The second kappa shape index (κ2) is 12.7. The van der Waals surface area contributed by atoms with Crippen LogP contribution in [0.5, 0.6) is 0 Å². The lowest BCUT2D eigenvalue weighted by Gasteiger charge is -2.16. The number of pyridine rings is 1. The number of benzene rings is 3. The van der Waals surface area contributed by atoms with Crippen LogP contribution in [0.3, 0.4) is 0 Å². The van der Waals surface area contributed by atoms with Gasteiger partial charge in [0.15, 0.2) is 0 Å². The van der Waals surface area contributed by atoms with Crippen LogP contribution in [-0.2, 0) is 13.0 Å². The van der Waals surface area contributed by atoms with Crippen molar-refractivity contribution in [1.29, 1.82) is 0 Å². The monoisotopic (exact) mass is 487 g/mol. The molecular weight excluding hydrogens is 453 g/mol. The molecule has 0 atom stereocenters. The number of H-pyrrole nitrogens is 1. The molecule has 0 spiro atoms. The Balaban J connectivity index is 0.00000176. The number of hydrogen-bond donors (Lipinski definition) is 3. The number of nitrogens with one attached hydrogen (secondary N) is 1. The van der Waals surface area contributed by atoms with E-state index >= 15 is 0 Å². The van der Waals surface area contributed by atoms with Gasteiger partial charge in [0, 0.05) is 6.54 Å². The van der Waals surface area contributed by atoms with Crippen LogP contribution in [0.25, 0.3) is 10.9 Å². The standard InChI is InChI=1S/C27H28FN5O.C2H6/c1-33(17-19-7-3-2-4-8-19)16-6-9-18-12-14-20(15-13-18)31-26(30)24-25(29)23-21(28)10-5-11-22(23)32-27(24)34;1-2/h2-5,7-8,10-15H,6,9,16-17H2,1H3,(H2,30,31)(H3,29,32,34);1-2H3. The predicted molar refractivity (Wildman–Crippen MR) is 148 cm³/mol. The van der Waals surface area contributed by atoms with E-state index < -0.39 is 11.4 Å². The summed E-state index contributed by atoms with van der Waals surface area (Å²) in [6.45, 7) is 5.91. The lowest BCUT2D eigenvalue weighted by atomic mass is 10.1. The number of fused-ring (bicyclic) bond motifs is 1. The van der Waals surface area contributed by atoms with Crippen molar-refractivity contribution in [2.45, 2.75) is 33.2 Å². The van der Waals surface area contributed by atoms with Crippen molar-refractivity contribution < 1.29 is 4.39 Å². The van der Waals surface area contributed by atoms with E-state index in [0.717, 1.165) is 25.9 Å². The van der Waals surface area contributed by atoms with Gasteiger partial charge >= 0.3 is 0 Å². The number of halogens is 1. The van der Waals surface area contributed by atoms with Gasteiger partial charge in [0.25, 0.3) is 5.56 Å². The highest BCUT2D eigenvalue weighted by molar-refractivity contribution is 6.08. The van der Waals surface area contributed by atoms with Crippen molar-refractivity contribution in [1.82, 2.24) is 9.88 Å². The summed E-state index contributed by atoms with van der Waals surface area (Å²) in [4.78, 5) is 21.8. The number of aromatic nitrogens is 1. The Bertz CT molecular complexity index is 1360. The number of anilines is 1. The van der Waals surface area contributed by atoms with Gasteiger partial charge in [0.2, 0.25) is 0 Å². The van der Waals surface area contributed by atoms with E-state index in [-0.39, 0.29) is 22.5 Å². The number of aromatic amines is 1. The molecule has 0 radical (unpaired) electrons. The normalized spacial score (nSPS) is 11.4. The van der Waals surface area contributed by atoms with Crippen molar-refractivity contribution >= 4 is 28.1 Å². The van der Waals surface area contributed by atoms with Crippen LogP contribution in [-0.4, -0.2) is 29.3 Å². The van der Waals surface area contributed by atoms with Crippen molar-refractivity contribution in [2.75, 3.05) is 19.3 Å². The van der Waals surface area contributed by atoms with Crippen LogP contribution in [0, 0.1) is 5.82 Å². The van der Waals surface area contributed by atoms with Gasteiger partial charge in [-0.25, -0.2) is 9.38 Å². The Hall–Kier alpha value is -3.97. The highest BCUT2D eigenvalue weighted by atomic mass is 19.1. The number of aryl methyl sites for hydroxylation is 1. The van der Waals surface area contributed by atoms with Crippen molar-refractivity contribution in [3.63, 3.8) is 0 Å². The lowest BCUT2D eigenvalue weighted by Crippen LogP contribution is -2.26. The van der Waals surface area contributed by atoms with Crippen LogP contribution in [0.15, 0.2) is 82.6 Å². The molecule has 5 N–H and O–H groups in total. The summed E-state index contributed by atoms with van der Waals surface area (Å²) < 4.78 is 14.3. The van der Waals surface area contributed by atoms with Gasteiger partial charge < -0.3 is 21.4 Å². The fourth-order valence-corrected chi connectivity index (χ4v) is 4.05. The number of amidine groups is 1. The van der Waals surface area contributed by atoms with Gasteiger partial charge in [0.1, 0.15) is 17.2 Å². The average molecular weight is 488 g/mol. The molecule has 0 fully saturated rings. The van der Waals surface area contributed by atoms with Gasteiger partial charge in [-0.1, -0.05) is 62.4 Å². The number of nitrogens with two attached hydrogens (primary N) is 2. The van der Waals surface area contributed by atoms with E-state index in [9.17, 15) is 9.18 Å². The molecule has 0 aliphatic heterocycles. The van der Waals surface area contributed by atoms with E-state index in [2.05, 4.69) is 46.2 Å². The van der Waals surface area contributed by atoms with Gasteiger partial charge in [-0.2, -0.15) is 0 Å². The van der Waals surface area contributed by atoms with Gasteiger partial charge in [-0.15, -0.1) is 0 Å². The van der Waals surface area contributed by atoms with E-state index in [0.29, 0.717) is 11.2 Å². The largest absolute Gasteiger partial charge is 0.397 e. The first kappa shape index (κ1) is 26.6. The highest BCUT2D eigenvalue weighted by Crippen LogP contribution is 2.24. The second-order valence-corrected chi connectivity index (χ2v) is 8.40. The Morgan fingerprint density at radius 3 is 2.36 bits per heavy atom. The minimum absolute atomic E-state index is 0.0191. The quantitative estimate of drug-likeness (QED) is 0.230. The topological polar surface area (TPSA) is 100 Å². The molecule has 1 heterocycles. The van der Waals surface area contributed by atoms with Gasteiger partial charge in [0.05, 0.1) is 22.3 Å².